The van der Waals surface area contributed by atoms with Gasteiger partial charge < -0.3 is 10.2 Å². The predicted octanol–water partition coefficient (Wildman–Crippen LogP) is -0.00990. The SMILES string of the molecule is CC(O)(CNS(=O)(=O)c1ccc(Cl)c2nonc12)C(=O)O. The van der Waals surface area contributed by atoms with Gasteiger partial charge in [0.1, 0.15) is 4.90 Å². The summed E-state index contributed by atoms with van der Waals surface area (Å²) in [5, 5.41) is 25.4. The van der Waals surface area contributed by atoms with Crippen LogP contribution in [0.4, 0.5) is 0 Å². The van der Waals surface area contributed by atoms with Crippen LogP contribution < -0.4 is 4.72 Å². The van der Waals surface area contributed by atoms with Crippen LogP contribution in [0.5, 0.6) is 0 Å². The van der Waals surface area contributed by atoms with Crippen LogP contribution in [0.3, 0.4) is 0 Å². The predicted molar refractivity (Wildman–Crippen MR) is 70.3 cm³/mol. The average molecular weight is 336 g/mol. The number of aliphatic carboxylic acids is 1. The largest absolute Gasteiger partial charge is 0.479 e. The molecule has 2 aromatic rings. The zero-order valence-corrected chi connectivity index (χ0v) is 12.1. The fourth-order valence-electron chi connectivity index (χ4n) is 1.42. The maximum absolute atomic E-state index is 12.2. The summed E-state index contributed by atoms with van der Waals surface area (Å²) in [4.78, 5) is 10.5. The molecule has 0 saturated carbocycles. The number of carbonyl (C=O) groups is 1. The summed E-state index contributed by atoms with van der Waals surface area (Å²) < 4.78 is 30.7. The van der Waals surface area contributed by atoms with Crippen molar-refractivity contribution in [2.45, 2.75) is 17.4 Å². The van der Waals surface area contributed by atoms with Gasteiger partial charge in [0.2, 0.25) is 10.0 Å². The third-order valence-electron chi connectivity index (χ3n) is 2.69. The first-order valence-corrected chi connectivity index (χ1v) is 7.37. The summed E-state index contributed by atoms with van der Waals surface area (Å²) in [6, 6.07) is 2.46. The Labute approximate surface area is 123 Å². The van der Waals surface area contributed by atoms with E-state index in [-0.39, 0.29) is 21.0 Å². The van der Waals surface area contributed by atoms with Crippen molar-refractivity contribution in [3.8, 4) is 0 Å². The van der Waals surface area contributed by atoms with Crippen LogP contribution in [-0.2, 0) is 14.8 Å². The number of rotatable bonds is 5. The first kappa shape index (κ1) is 15.6. The number of halogens is 1. The van der Waals surface area contributed by atoms with Crippen LogP contribution in [0.1, 0.15) is 6.92 Å². The molecule has 9 nitrogen and oxygen atoms in total. The van der Waals surface area contributed by atoms with Crippen LogP contribution in [-0.4, -0.2) is 47.1 Å². The molecule has 1 aromatic heterocycles. The van der Waals surface area contributed by atoms with Crippen LogP contribution in [0.15, 0.2) is 21.7 Å². The zero-order chi connectivity index (χ0) is 15.8. The first-order valence-electron chi connectivity index (χ1n) is 5.51. The minimum Gasteiger partial charge on any atom is -0.479 e. The maximum Gasteiger partial charge on any atom is 0.336 e. The second-order valence-electron chi connectivity index (χ2n) is 4.41. The number of benzene rings is 1. The lowest BCUT2D eigenvalue weighted by Crippen LogP contribution is -2.46. The van der Waals surface area contributed by atoms with E-state index in [1.807, 2.05) is 4.72 Å². The second-order valence-corrected chi connectivity index (χ2v) is 6.55. The van der Waals surface area contributed by atoms with Crippen molar-refractivity contribution in [2.75, 3.05) is 6.54 Å². The number of fused-ring (bicyclic) bond motifs is 1. The van der Waals surface area contributed by atoms with E-state index >= 15 is 0 Å². The van der Waals surface area contributed by atoms with Crippen molar-refractivity contribution in [2.24, 2.45) is 0 Å². The van der Waals surface area contributed by atoms with E-state index < -0.39 is 28.1 Å². The molecule has 0 amide bonds. The van der Waals surface area contributed by atoms with Crippen LogP contribution in [0.2, 0.25) is 5.02 Å². The molecule has 11 heteroatoms. The van der Waals surface area contributed by atoms with Crippen molar-refractivity contribution in [1.82, 2.24) is 15.0 Å². The summed E-state index contributed by atoms with van der Waals surface area (Å²) in [6.07, 6.45) is 0. The molecule has 0 aliphatic carbocycles. The van der Waals surface area contributed by atoms with E-state index in [2.05, 4.69) is 14.9 Å². The molecular formula is C10H10ClN3O6S. The van der Waals surface area contributed by atoms with Gasteiger partial charge in [0.05, 0.1) is 11.6 Å². The number of nitrogens with one attached hydrogen (secondary N) is 1. The molecule has 1 atom stereocenters. The maximum atomic E-state index is 12.2. The minimum absolute atomic E-state index is 0.0598. The molecule has 1 unspecified atom stereocenters. The standard InChI is InChI=1S/C10H10ClN3O6S/c1-10(17,9(15)16)4-12-21(18,19)6-3-2-5(11)7-8(6)14-20-13-7/h2-3,12,17H,4H2,1H3,(H,15,16). The molecule has 2 rings (SSSR count). The first-order chi connectivity index (χ1) is 9.65. The van der Waals surface area contributed by atoms with Crippen molar-refractivity contribution < 1.29 is 28.1 Å². The highest BCUT2D eigenvalue weighted by molar-refractivity contribution is 7.89. The number of aliphatic hydroxyl groups is 1. The number of carboxylic acids is 1. The summed E-state index contributed by atoms with van der Waals surface area (Å²) >= 11 is 5.82. The Morgan fingerprint density at radius 3 is 2.67 bits per heavy atom. The highest BCUT2D eigenvalue weighted by Crippen LogP contribution is 2.26. The van der Waals surface area contributed by atoms with Crippen molar-refractivity contribution >= 4 is 38.6 Å². The Hall–Kier alpha value is -1.75. The highest BCUT2D eigenvalue weighted by atomic mass is 35.5. The molecule has 1 heterocycles. The van der Waals surface area contributed by atoms with Gasteiger partial charge in [0.15, 0.2) is 16.6 Å². The van der Waals surface area contributed by atoms with Gasteiger partial charge in [-0.15, -0.1) is 0 Å². The fraction of sp³-hybridized carbons (Fsp3) is 0.300. The van der Waals surface area contributed by atoms with Gasteiger partial charge in [-0.3, -0.25) is 0 Å². The molecule has 0 saturated heterocycles. The Morgan fingerprint density at radius 2 is 2.05 bits per heavy atom. The van der Waals surface area contributed by atoms with Crippen molar-refractivity contribution in [3.05, 3.63) is 17.2 Å². The van der Waals surface area contributed by atoms with E-state index in [0.717, 1.165) is 6.92 Å². The van der Waals surface area contributed by atoms with Crippen molar-refractivity contribution in [1.29, 1.82) is 0 Å². The zero-order valence-electron chi connectivity index (χ0n) is 10.6. The Morgan fingerprint density at radius 1 is 1.43 bits per heavy atom. The molecule has 0 spiro atoms. The monoisotopic (exact) mass is 335 g/mol. The van der Waals surface area contributed by atoms with E-state index in [0.29, 0.717) is 0 Å². The third-order valence-corrected chi connectivity index (χ3v) is 4.42. The fourth-order valence-corrected chi connectivity index (χ4v) is 2.87. The molecule has 1 aromatic carbocycles. The van der Waals surface area contributed by atoms with Gasteiger partial charge in [-0.1, -0.05) is 11.6 Å². The number of aromatic nitrogens is 2. The Balaban J connectivity index is 2.37. The Bertz CT molecular complexity index is 800. The van der Waals surface area contributed by atoms with Gasteiger partial charge >= 0.3 is 5.97 Å². The summed E-state index contributed by atoms with van der Waals surface area (Å²) in [5.41, 5.74) is -2.28. The Kier molecular flexibility index (Phi) is 3.89. The number of sulfonamides is 1. The number of carboxylic acid groups (broad SMARTS) is 1. The lowest BCUT2D eigenvalue weighted by molar-refractivity contribution is -0.155. The number of hydrogen-bond acceptors (Lipinski definition) is 7. The highest BCUT2D eigenvalue weighted by Gasteiger charge is 2.32. The molecule has 0 bridgehead atoms. The van der Waals surface area contributed by atoms with E-state index in [4.69, 9.17) is 16.7 Å². The van der Waals surface area contributed by atoms with Gasteiger partial charge in [-0.2, -0.15) is 0 Å². The third kappa shape index (κ3) is 2.97. The van der Waals surface area contributed by atoms with Gasteiger partial charge in [-0.25, -0.2) is 22.6 Å². The summed E-state index contributed by atoms with van der Waals surface area (Å²) in [7, 11) is -4.13. The van der Waals surface area contributed by atoms with Gasteiger partial charge in [0, 0.05) is 0 Å². The molecule has 3 N–H and O–H groups in total. The van der Waals surface area contributed by atoms with E-state index in [1.54, 1.807) is 0 Å². The van der Waals surface area contributed by atoms with Crippen LogP contribution in [0, 0.1) is 0 Å². The summed E-state index contributed by atoms with van der Waals surface area (Å²) in [6.45, 7) is 0.243. The number of hydrogen-bond donors (Lipinski definition) is 3. The summed E-state index contributed by atoms with van der Waals surface area (Å²) in [5.74, 6) is -1.56. The topological polar surface area (TPSA) is 143 Å². The normalized spacial score (nSPS) is 15.0. The number of nitrogens with zero attached hydrogens (tertiary/aromatic N) is 2. The molecule has 0 aliphatic heterocycles. The van der Waals surface area contributed by atoms with E-state index in [1.165, 1.54) is 12.1 Å². The van der Waals surface area contributed by atoms with Crippen LogP contribution >= 0.6 is 11.6 Å². The van der Waals surface area contributed by atoms with Crippen LogP contribution in [0.25, 0.3) is 11.0 Å². The quantitative estimate of drug-likeness (QED) is 0.692. The second kappa shape index (κ2) is 5.22. The van der Waals surface area contributed by atoms with Gasteiger partial charge in [0.25, 0.3) is 0 Å². The minimum atomic E-state index is -4.13. The molecule has 114 valence electrons. The smallest absolute Gasteiger partial charge is 0.336 e. The lowest BCUT2D eigenvalue weighted by Gasteiger charge is -2.18. The van der Waals surface area contributed by atoms with Crippen molar-refractivity contribution in [3.63, 3.8) is 0 Å². The average Bonchev–Trinajstić information content (AvgIpc) is 2.86. The molecular weight excluding hydrogens is 326 g/mol. The lowest BCUT2D eigenvalue weighted by atomic mass is 10.1. The molecule has 0 aliphatic rings. The molecule has 0 radical (unpaired) electrons. The molecule has 21 heavy (non-hydrogen) atoms. The van der Waals surface area contributed by atoms with E-state index in [9.17, 15) is 18.3 Å². The van der Waals surface area contributed by atoms with Gasteiger partial charge in [-0.05, 0) is 29.4 Å². The molecule has 0 fully saturated rings.